The molecule has 1 amide bonds. The Balaban J connectivity index is 1.67. The van der Waals surface area contributed by atoms with Gasteiger partial charge in [0.1, 0.15) is 17.7 Å². The van der Waals surface area contributed by atoms with Crippen molar-refractivity contribution >= 4 is 22.6 Å². The van der Waals surface area contributed by atoms with Crippen LogP contribution in [0, 0.1) is 5.82 Å². The summed E-state index contributed by atoms with van der Waals surface area (Å²) in [5, 5.41) is 11.9. The number of benzene rings is 3. The van der Waals surface area contributed by atoms with Gasteiger partial charge in [0.25, 0.3) is 5.91 Å². The van der Waals surface area contributed by atoms with E-state index >= 15 is 0 Å². The molecule has 0 radical (unpaired) electrons. The van der Waals surface area contributed by atoms with Crippen LogP contribution in [0.2, 0.25) is 0 Å². The highest BCUT2D eigenvalue weighted by molar-refractivity contribution is 6.09. The van der Waals surface area contributed by atoms with E-state index in [9.17, 15) is 19.1 Å². The van der Waals surface area contributed by atoms with Crippen LogP contribution in [0.15, 0.2) is 88.3 Å². The van der Waals surface area contributed by atoms with Crippen molar-refractivity contribution in [1.82, 2.24) is 0 Å². The molecule has 1 aromatic heterocycles. The van der Waals surface area contributed by atoms with Gasteiger partial charge in [-0.1, -0.05) is 42.5 Å². The number of para-hydroxylation sites is 2. The van der Waals surface area contributed by atoms with Crippen molar-refractivity contribution < 1.29 is 18.7 Å². The predicted octanol–water partition coefficient (Wildman–Crippen LogP) is 3.71. The number of carbonyl (C=O) groups excluding carboxylic acids is 1. The summed E-state index contributed by atoms with van der Waals surface area (Å²) in [5.41, 5.74) is -0.930. The van der Waals surface area contributed by atoms with Crippen molar-refractivity contribution in [2.24, 2.45) is 0 Å². The highest BCUT2D eigenvalue weighted by Gasteiger charge is 2.52. The van der Waals surface area contributed by atoms with Crippen LogP contribution < -0.4 is 10.3 Å². The number of aliphatic hydroxyl groups is 1. The maximum atomic E-state index is 13.5. The third-order valence-corrected chi connectivity index (χ3v) is 5.46. The summed E-state index contributed by atoms with van der Waals surface area (Å²) in [6.07, 6.45) is 1.15. The molecule has 30 heavy (non-hydrogen) atoms. The summed E-state index contributed by atoms with van der Waals surface area (Å²) in [6, 6.07) is 19.2. The summed E-state index contributed by atoms with van der Waals surface area (Å²) in [6.45, 7) is 0.122. The minimum absolute atomic E-state index is 0.122. The molecule has 1 atom stereocenters. The van der Waals surface area contributed by atoms with Gasteiger partial charge >= 0.3 is 0 Å². The Labute approximate surface area is 170 Å². The van der Waals surface area contributed by atoms with Crippen LogP contribution in [-0.4, -0.2) is 11.0 Å². The SMILES string of the molecule is O=C1N(Cc2ccc(F)cc2)c2ccccc2[C@]1(O)c1coc2ccccc2c1=O. The van der Waals surface area contributed by atoms with Gasteiger partial charge in [-0.25, -0.2) is 4.39 Å². The van der Waals surface area contributed by atoms with Crippen molar-refractivity contribution in [3.8, 4) is 0 Å². The maximum Gasteiger partial charge on any atom is 0.269 e. The van der Waals surface area contributed by atoms with Crippen molar-refractivity contribution in [3.05, 3.63) is 112 Å². The lowest BCUT2D eigenvalue weighted by Gasteiger charge is -2.23. The Morgan fingerprint density at radius 1 is 0.900 bits per heavy atom. The zero-order chi connectivity index (χ0) is 20.9. The van der Waals surface area contributed by atoms with E-state index in [0.29, 0.717) is 22.4 Å². The molecule has 0 saturated carbocycles. The van der Waals surface area contributed by atoms with Gasteiger partial charge in [0, 0.05) is 5.56 Å². The van der Waals surface area contributed by atoms with E-state index in [1.54, 1.807) is 60.7 Å². The van der Waals surface area contributed by atoms with Crippen LogP contribution in [0.4, 0.5) is 10.1 Å². The van der Waals surface area contributed by atoms with Gasteiger partial charge in [-0.2, -0.15) is 0 Å². The van der Waals surface area contributed by atoms with E-state index in [2.05, 4.69) is 0 Å². The Hall–Kier alpha value is -3.77. The van der Waals surface area contributed by atoms with Crippen LogP contribution in [0.1, 0.15) is 16.7 Å². The number of fused-ring (bicyclic) bond motifs is 2. The summed E-state index contributed by atoms with van der Waals surface area (Å²) in [5.74, 6) is -1.03. The molecule has 0 fully saturated rings. The van der Waals surface area contributed by atoms with E-state index < -0.39 is 16.9 Å². The number of carbonyl (C=O) groups is 1. The Kier molecular flexibility index (Phi) is 4.04. The normalized spacial score (nSPS) is 18.1. The quantitative estimate of drug-likeness (QED) is 0.568. The molecule has 1 N–H and O–H groups in total. The summed E-state index contributed by atoms with van der Waals surface area (Å²) < 4.78 is 18.8. The van der Waals surface area contributed by atoms with E-state index in [4.69, 9.17) is 4.42 Å². The number of hydrogen-bond donors (Lipinski definition) is 1. The predicted molar refractivity (Wildman–Crippen MR) is 110 cm³/mol. The summed E-state index contributed by atoms with van der Waals surface area (Å²) in [7, 11) is 0. The van der Waals surface area contributed by atoms with Crippen LogP contribution in [0.25, 0.3) is 11.0 Å². The lowest BCUT2D eigenvalue weighted by molar-refractivity contribution is -0.132. The zero-order valence-electron chi connectivity index (χ0n) is 15.7. The second-order valence-corrected chi connectivity index (χ2v) is 7.22. The number of hydrogen-bond acceptors (Lipinski definition) is 4. The Morgan fingerprint density at radius 2 is 1.60 bits per heavy atom. The summed E-state index contributed by atoms with van der Waals surface area (Å²) in [4.78, 5) is 28.0. The highest BCUT2D eigenvalue weighted by atomic mass is 19.1. The van der Waals surface area contributed by atoms with Crippen LogP contribution in [-0.2, 0) is 16.9 Å². The second kappa shape index (κ2) is 6.64. The third kappa shape index (κ3) is 2.58. The first kappa shape index (κ1) is 18.3. The molecule has 3 aromatic carbocycles. The van der Waals surface area contributed by atoms with E-state index in [1.165, 1.54) is 17.0 Å². The molecule has 0 bridgehead atoms. The number of anilines is 1. The third-order valence-electron chi connectivity index (χ3n) is 5.46. The second-order valence-electron chi connectivity index (χ2n) is 7.22. The van der Waals surface area contributed by atoms with Gasteiger partial charge < -0.3 is 14.4 Å². The zero-order valence-corrected chi connectivity index (χ0v) is 15.7. The molecule has 4 aromatic rings. The fourth-order valence-electron chi connectivity index (χ4n) is 3.95. The van der Waals surface area contributed by atoms with Gasteiger partial charge in [0.15, 0.2) is 5.43 Å². The minimum Gasteiger partial charge on any atom is -0.464 e. The first-order chi connectivity index (χ1) is 14.5. The highest BCUT2D eigenvalue weighted by Crippen LogP contribution is 2.44. The van der Waals surface area contributed by atoms with Crippen LogP contribution in [0.5, 0.6) is 0 Å². The Morgan fingerprint density at radius 3 is 2.40 bits per heavy atom. The lowest BCUT2D eigenvalue weighted by Crippen LogP contribution is -2.43. The molecule has 0 spiro atoms. The molecule has 1 aliphatic heterocycles. The average molecular weight is 401 g/mol. The van der Waals surface area contributed by atoms with Crippen molar-refractivity contribution in [3.63, 3.8) is 0 Å². The van der Waals surface area contributed by atoms with Gasteiger partial charge in [0.05, 0.1) is 23.2 Å². The number of rotatable bonds is 3. The van der Waals surface area contributed by atoms with Crippen LogP contribution in [0.3, 0.4) is 0 Å². The van der Waals surface area contributed by atoms with E-state index in [-0.39, 0.29) is 23.3 Å². The number of nitrogens with zero attached hydrogens (tertiary/aromatic N) is 1. The largest absolute Gasteiger partial charge is 0.464 e. The number of amides is 1. The topological polar surface area (TPSA) is 70.8 Å². The van der Waals surface area contributed by atoms with Crippen LogP contribution >= 0.6 is 0 Å². The molecule has 6 heteroatoms. The summed E-state index contributed by atoms with van der Waals surface area (Å²) >= 11 is 0. The van der Waals surface area contributed by atoms with Crippen molar-refractivity contribution in [2.75, 3.05) is 4.90 Å². The molecule has 0 saturated heterocycles. The molecule has 2 heterocycles. The van der Waals surface area contributed by atoms with Gasteiger partial charge in [0.2, 0.25) is 5.60 Å². The molecular weight excluding hydrogens is 385 g/mol. The van der Waals surface area contributed by atoms with Crippen molar-refractivity contribution in [2.45, 2.75) is 12.1 Å². The number of halogens is 1. The Bertz CT molecular complexity index is 1350. The fraction of sp³-hybridized carbons (Fsp3) is 0.0833. The molecule has 0 unspecified atom stereocenters. The fourth-order valence-corrected chi connectivity index (χ4v) is 3.95. The smallest absolute Gasteiger partial charge is 0.269 e. The van der Waals surface area contributed by atoms with Crippen molar-refractivity contribution in [1.29, 1.82) is 0 Å². The van der Waals surface area contributed by atoms with Gasteiger partial charge in [-0.05, 0) is 35.9 Å². The van der Waals surface area contributed by atoms with E-state index in [0.717, 1.165) is 6.26 Å². The molecular formula is C24H16FNO4. The minimum atomic E-state index is -2.18. The molecule has 0 aliphatic carbocycles. The first-order valence-corrected chi connectivity index (χ1v) is 9.39. The standard InChI is InChI=1S/C24H16FNO4/c25-16-11-9-15(10-12-16)13-26-20-7-3-2-6-18(20)24(29,23(26)28)19-14-30-21-8-4-1-5-17(21)22(19)27/h1-12,14,29H,13H2/t24-/m0/s1. The lowest BCUT2D eigenvalue weighted by atomic mass is 9.88. The average Bonchev–Trinajstić information content (AvgIpc) is 2.98. The first-order valence-electron chi connectivity index (χ1n) is 9.39. The molecule has 5 rings (SSSR count). The molecule has 1 aliphatic rings. The van der Waals surface area contributed by atoms with E-state index in [1.807, 2.05) is 0 Å². The van der Waals surface area contributed by atoms with Gasteiger partial charge in [-0.3, -0.25) is 9.59 Å². The van der Waals surface area contributed by atoms with Gasteiger partial charge in [-0.15, -0.1) is 0 Å². The maximum absolute atomic E-state index is 13.5. The molecule has 148 valence electrons. The molecule has 5 nitrogen and oxygen atoms in total. The monoisotopic (exact) mass is 401 g/mol.